The van der Waals surface area contributed by atoms with Gasteiger partial charge in [0.25, 0.3) is 0 Å². The number of hydrogen-bond donors (Lipinski definition) is 0. The third-order valence-electron chi connectivity index (χ3n) is 1.45. The van der Waals surface area contributed by atoms with Crippen molar-refractivity contribution in [3.63, 3.8) is 0 Å². The summed E-state index contributed by atoms with van der Waals surface area (Å²) in [6, 6.07) is 0. The lowest BCUT2D eigenvalue weighted by Gasteiger charge is -1.88. The second-order valence-corrected chi connectivity index (χ2v) is 3.13. The van der Waals surface area contributed by atoms with Gasteiger partial charge in [-0.15, -0.1) is 0 Å². The van der Waals surface area contributed by atoms with Gasteiger partial charge < -0.3 is 0 Å². The lowest BCUT2D eigenvalue weighted by Crippen LogP contribution is -2.07. The molecule has 56 valence electrons. The van der Waals surface area contributed by atoms with Crippen LogP contribution in [0.3, 0.4) is 0 Å². The Morgan fingerprint density at radius 1 is 1.64 bits per heavy atom. The molecular weight excluding hydrogens is 162 g/mol. The molecule has 11 heavy (non-hydrogen) atoms. The van der Waals surface area contributed by atoms with Crippen LogP contribution in [0.15, 0.2) is 17.3 Å². The van der Waals surface area contributed by atoms with E-state index in [-0.39, 0.29) is 4.87 Å². The molecule has 0 saturated carbocycles. The van der Waals surface area contributed by atoms with Crippen LogP contribution in [-0.4, -0.2) is 14.5 Å². The van der Waals surface area contributed by atoms with Gasteiger partial charge in [-0.2, -0.15) is 0 Å². The summed E-state index contributed by atoms with van der Waals surface area (Å²) in [5.74, 6) is 0. The zero-order chi connectivity index (χ0) is 7.84. The minimum atomic E-state index is 0.000463. The summed E-state index contributed by atoms with van der Waals surface area (Å²) in [6.45, 7) is 0. The molecule has 0 aliphatic heterocycles. The monoisotopic (exact) mass is 167 g/mol. The Bertz CT molecular complexity index is 444. The molecule has 2 heterocycles. The largest absolute Gasteiger partial charge is 0.309 e. The molecule has 0 aromatic carbocycles. The average molecular weight is 167 g/mol. The zero-order valence-corrected chi connectivity index (χ0v) is 6.63. The van der Waals surface area contributed by atoms with Gasteiger partial charge in [0.05, 0.1) is 4.70 Å². The van der Waals surface area contributed by atoms with Crippen LogP contribution in [-0.2, 0) is 7.05 Å². The first-order valence-corrected chi connectivity index (χ1v) is 3.86. The highest BCUT2D eigenvalue weighted by Gasteiger charge is 2.02. The summed E-state index contributed by atoms with van der Waals surface area (Å²) in [4.78, 5) is 18.8. The Hall–Kier alpha value is -1.23. The molecule has 4 nitrogen and oxygen atoms in total. The maximum Gasteiger partial charge on any atom is 0.309 e. The summed E-state index contributed by atoms with van der Waals surface area (Å²) in [6.07, 6.45) is 3.09. The molecule has 0 N–H and O–H groups in total. The molecule has 5 heteroatoms. The molecule has 0 aliphatic rings. The lowest BCUT2D eigenvalue weighted by molar-refractivity contribution is 0.915. The highest BCUT2D eigenvalue weighted by atomic mass is 32.1. The van der Waals surface area contributed by atoms with E-state index in [0.29, 0.717) is 5.65 Å². The van der Waals surface area contributed by atoms with Gasteiger partial charge in [-0.05, 0) is 0 Å². The van der Waals surface area contributed by atoms with E-state index in [0.717, 1.165) is 16.0 Å². The quantitative estimate of drug-likeness (QED) is 0.570. The first-order valence-electron chi connectivity index (χ1n) is 3.04. The molecule has 0 radical (unpaired) electrons. The maximum absolute atomic E-state index is 11.1. The second-order valence-electron chi connectivity index (χ2n) is 2.14. The molecule has 0 spiro atoms. The van der Waals surface area contributed by atoms with E-state index in [1.54, 1.807) is 13.2 Å². The molecule has 0 fully saturated rings. The number of nitrogens with zero attached hydrogens (tertiary/aromatic N) is 3. The van der Waals surface area contributed by atoms with Crippen molar-refractivity contribution in [1.82, 2.24) is 14.5 Å². The summed E-state index contributed by atoms with van der Waals surface area (Å²) in [5, 5.41) is 0. The van der Waals surface area contributed by atoms with Gasteiger partial charge in [-0.1, -0.05) is 11.3 Å². The SMILES string of the molecule is Cn1c(=O)sc2cncnc21. The lowest BCUT2D eigenvalue weighted by atomic mass is 10.6. The average Bonchev–Trinajstić information content (AvgIpc) is 2.30. The van der Waals surface area contributed by atoms with Gasteiger partial charge in [0.1, 0.15) is 6.33 Å². The number of fused-ring (bicyclic) bond motifs is 1. The topological polar surface area (TPSA) is 47.8 Å². The number of hydrogen-bond acceptors (Lipinski definition) is 4. The highest BCUT2D eigenvalue weighted by Crippen LogP contribution is 2.10. The van der Waals surface area contributed by atoms with Crippen LogP contribution in [0.2, 0.25) is 0 Å². The van der Waals surface area contributed by atoms with Gasteiger partial charge in [-0.3, -0.25) is 9.36 Å². The predicted octanol–water partition coefficient (Wildman–Crippen LogP) is 0.390. The molecular formula is C6H5N3OS. The van der Waals surface area contributed by atoms with Crippen LogP contribution in [0, 0.1) is 0 Å². The van der Waals surface area contributed by atoms with Crippen LogP contribution in [0.1, 0.15) is 0 Å². The van der Waals surface area contributed by atoms with Gasteiger partial charge >= 0.3 is 4.87 Å². The van der Waals surface area contributed by atoms with Gasteiger partial charge in [0, 0.05) is 13.2 Å². The van der Waals surface area contributed by atoms with E-state index in [1.807, 2.05) is 0 Å². The van der Waals surface area contributed by atoms with Gasteiger partial charge in [0.15, 0.2) is 5.65 Å². The fourth-order valence-electron chi connectivity index (χ4n) is 0.883. The third-order valence-corrected chi connectivity index (χ3v) is 2.40. The third kappa shape index (κ3) is 0.848. The second kappa shape index (κ2) is 2.13. The van der Waals surface area contributed by atoms with Gasteiger partial charge in [-0.25, -0.2) is 9.97 Å². The maximum atomic E-state index is 11.1. The number of rotatable bonds is 0. The first-order chi connectivity index (χ1) is 5.29. The Kier molecular flexibility index (Phi) is 1.25. The van der Waals surface area contributed by atoms with Crippen molar-refractivity contribution in [2.24, 2.45) is 7.05 Å². The molecule has 0 unspecified atom stereocenters. The summed E-state index contributed by atoms with van der Waals surface area (Å²) < 4.78 is 2.35. The summed E-state index contributed by atoms with van der Waals surface area (Å²) in [5.41, 5.74) is 0.704. The normalized spacial score (nSPS) is 10.6. The Morgan fingerprint density at radius 2 is 2.45 bits per heavy atom. The Labute approximate surface area is 66.1 Å². The van der Waals surface area contributed by atoms with Crippen molar-refractivity contribution in [3.05, 3.63) is 22.2 Å². The minimum Gasteiger partial charge on any atom is -0.286 e. The highest BCUT2D eigenvalue weighted by molar-refractivity contribution is 7.16. The summed E-state index contributed by atoms with van der Waals surface area (Å²) in [7, 11) is 1.70. The van der Waals surface area contributed by atoms with Crippen molar-refractivity contribution in [2.45, 2.75) is 0 Å². The van der Waals surface area contributed by atoms with Crippen LogP contribution >= 0.6 is 11.3 Å². The number of aryl methyl sites for hydroxylation is 1. The standard InChI is InChI=1S/C6H5N3OS/c1-9-5-4(11-6(9)10)2-7-3-8-5/h2-3H,1H3. The fraction of sp³-hybridized carbons (Fsp3) is 0.167. The molecule has 0 amide bonds. The minimum absolute atomic E-state index is 0.000463. The van der Waals surface area contributed by atoms with E-state index in [4.69, 9.17) is 0 Å². The van der Waals surface area contributed by atoms with Crippen molar-refractivity contribution in [2.75, 3.05) is 0 Å². The predicted molar refractivity (Wildman–Crippen MR) is 42.7 cm³/mol. The van der Waals surface area contributed by atoms with Crippen LogP contribution in [0.4, 0.5) is 0 Å². The van der Waals surface area contributed by atoms with Crippen LogP contribution in [0.25, 0.3) is 10.3 Å². The Morgan fingerprint density at radius 3 is 3.18 bits per heavy atom. The summed E-state index contributed by atoms with van der Waals surface area (Å²) >= 11 is 1.16. The first kappa shape index (κ1) is 6.48. The molecule has 0 atom stereocenters. The van der Waals surface area contributed by atoms with E-state index in [1.165, 1.54) is 10.9 Å². The zero-order valence-electron chi connectivity index (χ0n) is 5.81. The van der Waals surface area contributed by atoms with E-state index < -0.39 is 0 Å². The molecule has 2 aromatic rings. The van der Waals surface area contributed by atoms with Crippen molar-refractivity contribution in [3.8, 4) is 0 Å². The molecule has 0 aliphatic carbocycles. The number of aromatic nitrogens is 3. The van der Waals surface area contributed by atoms with Crippen molar-refractivity contribution >= 4 is 21.7 Å². The Balaban J connectivity index is 3.04. The van der Waals surface area contributed by atoms with E-state index in [9.17, 15) is 4.79 Å². The van der Waals surface area contributed by atoms with E-state index >= 15 is 0 Å². The van der Waals surface area contributed by atoms with Crippen molar-refractivity contribution in [1.29, 1.82) is 0 Å². The van der Waals surface area contributed by atoms with Crippen molar-refractivity contribution < 1.29 is 0 Å². The van der Waals surface area contributed by atoms with Gasteiger partial charge in [0.2, 0.25) is 0 Å². The van der Waals surface area contributed by atoms with E-state index in [2.05, 4.69) is 9.97 Å². The molecule has 2 aromatic heterocycles. The molecule has 2 rings (SSSR count). The molecule has 0 saturated heterocycles. The van der Waals surface area contributed by atoms with Crippen LogP contribution in [0.5, 0.6) is 0 Å². The smallest absolute Gasteiger partial charge is 0.286 e. The van der Waals surface area contributed by atoms with Crippen LogP contribution < -0.4 is 4.87 Å². The fourth-order valence-corrected chi connectivity index (χ4v) is 1.69. The molecule has 0 bridgehead atoms. The number of thiazole rings is 1.